The molecule has 2 aromatic carbocycles. The molecule has 8 nitrogen and oxygen atoms in total. The monoisotopic (exact) mass is 509 g/mol. The summed E-state index contributed by atoms with van der Waals surface area (Å²) in [7, 11) is 0. The molecule has 2 heterocycles. The quantitative estimate of drug-likeness (QED) is 0.365. The second-order valence-corrected chi connectivity index (χ2v) is 8.40. The smallest absolute Gasteiger partial charge is 0.347 e. The third kappa shape index (κ3) is 5.83. The topological polar surface area (TPSA) is 105 Å². The molecule has 4 rings (SSSR count). The van der Waals surface area contributed by atoms with Gasteiger partial charge in [0, 0.05) is 30.8 Å². The zero-order valence-electron chi connectivity index (χ0n) is 19.9. The maximum Gasteiger partial charge on any atom is 0.416 e. The van der Waals surface area contributed by atoms with Crippen molar-refractivity contribution in [3.8, 4) is 0 Å². The Kier molecular flexibility index (Phi) is 7.05. The summed E-state index contributed by atoms with van der Waals surface area (Å²) >= 11 is 0. The molecule has 190 valence electrons. The van der Waals surface area contributed by atoms with Gasteiger partial charge in [0.1, 0.15) is 11.4 Å². The number of rotatable bonds is 7. The molecule has 0 aliphatic rings. The van der Waals surface area contributed by atoms with Crippen molar-refractivity contribution in [1.29, 1.82) is 0 Å². The first-order chi connectivity index (χ1) is 17.5. The lowest BCUT2D eigenvalue weighted by Crippen LogP contribution is -2.28. The van der Waals surface area contributed by atoms with E-state index in [2.05, 4.69) is 20.7 Å². The zero-order chi connectivity index (χ0) is 26.7. The van der Waals surface area contributed by atoms with Crippen molar-refractivity contribution in [2.24, 2.45) is 0 Å². The molecule has 0 bridgehead atoms. The number of ketones is 1. The van der Waals surface area contributed by atoms with E-state index in [0.29, 0.717) is 5.56 Å². The summed E-state index contributed by atoms with van der Waals surface area (Å²) in [5.41, 5.74) is 1.82. The summed E-state index contributed by atoms with van der Waals surface area (Å²) < 4.78 is 40.1. The number of alkyl halides is 3. The number of nitrogens with zero attached hydrogens (tertiary/aromatic N) is 3. The molecule has 0 atom stereocenters. The number of aromatic nitrogens is 3. The van der Waals surface area contributed by atoms with Crippen LogP contribution in [0, 0.1) is 6.92 Å². The van der Waals surface area contributed by atoms with Crippen molar-refractivity contribution in [3.63, 3.8) is 0 Å². The molecule has 4 aromatic rings. The van der Waals surface area contributed by atoms with E-state index in [0.717, 1.165) is 23.3 Å². The molecule has 2 aromatic heterocycles. The average Bonchev–Trinajstić information content (AvgIpc) is 3.33. The number of benzene rings is 2. The number of halogens is 3. The van der Waals surface area contributed by atoms with Gasteiger partial charge in [-0.3, -0.25) is 14.4 Å². The second kappa shape index (κ2) is 10.2. The predicted molar refractivity (Wildman–Crippen MR) is 128 cm³/mol. The van der Waals surface area contributed by atoms with Crippen LogP contribution in [0.15, 0.2) is 60.8 Å². The number of carbonyl (C=O) groups is 3. The highest BCUT2D eigenvalue weighted by Crippen LogP contribution is 2.29. The van der Waals surface area contributed by atoms with Crippen molar-refractivity contribution in [2.75, 3.05) is 0 Å². The van der Waals surface area contributed by atoms with E-state index in [1.807, 2.05) is 6.92 Å². The lowest BCUT2D eigenvalue weighted by molar-refractivity contribution is -0.137. The van der Waals surface area contributed by atoms with Gasteiger partial charge in [0.05, 0.1) is 11.8 Å². The van der Waals surface area contributed by atoms with Crippen LogP contribution in [-0.2, 0) is 19.3 Å². The van der Waals surface area contributed by atoms with Gasteiger partial charge < -0.3 is 10.6 Å². The van der Waals surface area contributed by atoms with E-state index >= 15 is 0 Å². The van der Waals surface area contributed by atoms with Gasteiger partial charge in [0.15, 0.2) is 11.4 Å². The van der Waals surface area contributed by atoms with Crippen LogP contribution >= 0.6 is 0 Å². The summed E-state index contributed by atoms with van der Waals surface area (Å²) in [6.07, 6.45) is -3.07. The summed E-state index contributed by atoms with van der Waals surface area (Å²) in [6, 6.07) is 12.7. The molecule has 2 N–H and O–H groups in total. The molecular formula is C26H22F3N5O3. The lowest BCUT2D eigenvalue weighted by atomic mass is 10.0. The molecule has 0 unspecified atom stereocenters. The summed E-state index contributed by atoms with van der Waals surface area (Å²) in [5, 5.41) is 9.39. The fourth-order valence-corrected chi connectivity index (χ4v) is 3.83. The lowest BCUT2D eigenvalue weighted by Gasteiger charge is -2.11. The van der Waals surface area contributed by atoms with Crippen molar-refractivity contribution in [3.05, 3.63) is 100.0 Å². The fraction of sp³-hybridized carbons (Fsp3) is 0.192. The maximum absolute atomic E-state index is 13.0. The Balaban J connectivity index is 1.50. The standard InChI is InChI=1S/C26H22F3N5O3/c1-15-10-18(6-7-20(15)16(2)35)14-31-25(37)22-12-21(33-23-8-9-32-34(22)23)24(36)30-13-17-4-3-5-19(11-17)26(27,28)29/h3-12H,13-14H2,1-2H3,(H,30,36)(H,31,37). The first kappa shape index (κ1) is 25.5. The van der Waals surface area contributed by atoms with E-state index in [9.17, 15) is 27.6 Å². The minimum atomic E-state index is -4.49. The van der Waals surface area contributed by atoms with Crippen molar-refractivity contribution in [2.45, 2.75) is 33.1 Å². The SMILES string of the molecule is CC(=O)c1ccc(CNC(=O)c2cc(C(=O)NCc3cccc(C(F)(F)F)c3)nc3ccnn23)cc1C. The van der Waals surface area contributed by atoms with Crippen LogP contribution in [0.25, 0.3) is 5.65 Å². The van der Waals surface area contributed by atoms with Gasteiger partial charge in [-0.2, -0.15) is 18.3 Å². The predicted octanol–water partition coefficient (Wildman–Crippen LogP) is 4.12. The molecule has 0 aliphatic heterocycles. The number of nitrogens with one attached hydrogen (secondary N) is 2. The summed E-state index contributed by atoms with van der Waals surface area (Å²) in [4.78, 5) is 41.6. The van der Waals surface area contributed by atoms with Crippen molar-refractivity contribution >= 4 is 23.2 Å². The van der Waals surface area contributed by atoms with Gasteiger partial charge in [-0.05, 0) is 42.7 Å². The third-order valence-electron chi connectivity index (χ3n) is 5.66. The molecule has 0 saturated heterocycles. The van der Waals surface area contributed by atoms with Gasteiger partial charge in [0.2, 0.25) is 0 Å². The Morgan fingerprint density at radius 3 is 2.30 bits per heavy atom. The highest BCUT2D eigenvalue weighted by Gasteiger charge is 2.30. The van der Waals surface area contributed by atoms with Gasteiger partial charge in [-0.25, -0.2) is 9.50 Å². The minimum Gasteiger partial charge on any atom is -0.347 e. The minimum absolute atomic E-state index is 0.0511. The fourth-order valence-electron chi connectivity index (χ4n) is 3.83. The Labute approximate surface area is 209 Å². The number of amides is 2. The van der Waals surface area contributed by atoms with Crippen LogP contribution in [0.5, 0.6) is 0 Å². The molecule has 0 radical (unpaired) electrons. The van der Waals surface area contributed by atoms with Crippen LogP contribution in [0.1, 0.15) is 60.5 Å². The Bertz CT molecular complexity index is 1510. The van der Waals surface area contributed by atoms with Crippen molar-refractivity contribution in [1.82, 2.24) is 25.2 Å². The molecule has 0 fully saturated rings. The number of hydrogen-bond acceptors (Lipinski definition) is 5. The first-order valence-corrected chi connectivity index (χ1v) is 11.2. The highest BCUT2D eigenvalue weighted by molar-refractivity contribution is 5.98. The van der Waals surface area contributed by atoms with E-state index < -0.39 is 23.6 Å². The Hall–Kier alpha value is -4.54. The van der Waals surface area contributed by atoms with Crippen LogP contribution < -0.4 is 10.6 Å². The average molecular weight is 509 g/mol. The van der Waals surface area contributed by atoms with Crippen LogP contribution in [-0.4, -0.2) is 32.2 Å². The second-order valence-electron chi connectivity index (χ2n) is 8.40. The van der Waals surface area contributed by atoms with Crippen molar-refractivity contribution < 1.29 is 27.6 Å². The zero-order valence-corrected chi connectivity index (χ0v) is 19.9. The number of Topliss-reactive ketones (excluding diaryl/α,β-unsaturated/α-hetero) is 1. The number of carbonyl (C=O) groups excluding carboxylic acids is 3. The molecule has 2 amide bonds. The molecular weight excluding hydrogens is 487 g/mol. The number of fused-ring (bicyclic) bond motifs is 1. The van der Waals surface area contributed by atoms with E-state index in [1.165, 1.54) is 41.9 Å². The molecule has 0 saturated carbocycles. The molecule has 37 heavy (non-hydrogen) atoms. The van der Waals surface area contributed by atoms with E-state index in [1.54, 1.807) is 18.2 Å². The van der Waals surface area contributed by atoms with Crippen LogP contribution in [0.2, 0.25) is 0 Å². The highest BCUT2D eigenvalue weighted by atomic mass is 19.4. The number of hydrogen-bond donors (Lipinski definition) is 2. The largest absolute Gasteiger partial charge is 0.416 e. The molecule has 0 aliphatic carbocycles. The summed E-state index contributed by atoms with van der Waals surface area (Å²) in [5.74, 6) is -1.23. The van der Waals surface area contributed by atoms with Gasteiger partial charge in [-0.15, -0.1) is 0 Å². The van der Waals surface area contributed by atoms with Crippen LogP contribution in [0.4, 0.5) is 13.2 Å². The first-order valence-electron chi connectivity index (χ1n) is 11.2. The summed E-state index contributed by atoms with van der Waals surface area (Å²) in [6.45, 7) is 3.30. The van der Waals surface area contributed by atoms with E-state index in [4.69, 9.17) is 0 Å². The van der Waals surface area contributed by atoms with Gasteiger partial charge >= 0.3 is 6.18 Å². The van der Waals surface area contributed by atoms with Gasteiger partial charge in [-0.1, -0.05) is 30.3 Å². The number of aryl methyl sites for hydroxylation is 1. The Morgan fingerprint density at radius 2 is 1.62 bits per heavy atom. The van der Waals surface area contributed by atoms with Gasteiger partial charge in [0.25, 0.3) is 11.8 Å². The molecule has 0 spiro atoms. The Morgan fingerprint density at radius 1 is 0.919 bits per heavy atom. The maximum atomic E-state index is 13.0. The van der Waals surface area contributed by atoms with Crippen LogP contribution in [0.3, 0.4) is 0 Å². The molecule has 11 heteroatoms. The normalized spacial score (nSPS) is 11.4. The third-order valence-corrected chi connectivity index (χ3v) is 5.66. The van der Waals surface area contributed by atoms with E-state index in [-0.39, 0.29) is 41.5 Å².